The Morgan fingerprint density at radius 2 is 1.86 bits per heavy atom. The number of Topliss-reactive ketones (excluding diaryl/α,β-unsaturated/α-hetero) is 1. The Morgan fingerprint density at radius 3 is 2.21 bits per heavy atom. The van der Waals surface area contributed by atoms with Crippen LogP contribution in [0.15, 0.2) is 0 Å². The molecule has 1 aliphatic carbocycles. The molecule has 2 nitrogen and oxygen atoms in total. The van der Waals surface area contributed by atoms with Gasteiger partial charge in [0.05, 0.1) is 5.54 Å². The largest absolute Gasteiger partial charge is 0.291 e. The molecule has 0 unspecified atom stereocenters. The van der Waals surface area contributed by atoms with Gasteiger partial charge in [0.2, 0.25) is 5.78 Å². The van der Waals surface area contributed by atoms with Crippen LogP contribution < -0.4 is 0 Å². The number of likely N-dealkylation sites (N-methyl/N-ethyl adjacent to an activating group) is 1. The Balaban J connectivity index is 2.92. The van der Waals surface area contributed by atoms with Crippen LogP contribution in [0.2, 0.25) is 0 Å². The summed E-state index contributed by atoms with van der Waals surface area (Å²) in [6.07, 6.45) is 9.40. The summed E-state index contributed by atoms with van der Waals surface area (Å²) >= 11 is 0. The molecular formula is C12H19NO. The molecule has 0 atom stereocenters. The fourth-order valence-electron chi connectivity index (χ4n) is 2.61. The zero-order valence-corrected chi connectivity index (χ0v) is 9.18. The van der Waals surface area contributed by atoms with Crippen LogP contribution in [0.25, 0.3) is 0 Å². The van der Waals surface area contributed by atoms with Crippen molar-refractivity contribution in [2.24, 2.45) is 0 Å². The van der Waals surface area contributed by atoms with Gasteiger partial charge in [0.1, 0.15) is 0 Å². The van der Waals surface area contributed by atoms with E-state index in [0.29, 0.717) is 0 Å². The molecule has 1 rings (SSSR count). The number of hydrogen-bond acceptors (Lipinski definition) is 2. The first-order chi connectivity index (χ1) is 6.71. The van der Waals surface area contributed by atoms with E-state index in [2.05, 4.69) is 24.7 Å². The maximum atomic E-state index is 11.8. The van der Waals surface area contributed by atoms with E-state index in [1.165, 1.54) is 0 Å². The Hall–Kier alpha value is -0.810. The molecule has 1 aliphatic rings. The van der Waals surface area contributed by atoms with Gasteiger partial charge in [-0.25, -0.2) is 0 Å². The SMILES string of the molecule is C#CC(=O)C1(N(CC)CC)CCCC1. The topological polar surface area (TPSA) is 20.3 Å². The molecule has 0 aromatic heterocycles. The molecule has 1 fully saturated rings. The molecule has 1 saturated carbocycles. The van der Waals surface area contributed by atoms with Crippen molar-refractivity contribution >= 4 is 5.78 Å². The monoisotopic (exact) mass is 193 g/mol. The van der Waals surface area contributed by atoms with E-state index >= 15 is 0 Å². The summed E-state index contributed by atoms with van der Waals surface area (Å²) in [5, 5.41) is 0. The van der Waals surface area contributed by atoms with Gasteiger partial charge in [-0.2, -0.15) is 0 Å². The first-order valence-corrected chi connectivity index (χ1v) is 5.47. The second-order valence-electron chi connectivity index (χ2n) is 3.88. The third-order valence-corrected chi connectivity index (χ3v) is 3.35. The van der Waals surface area contributed by atoms with E-state index in [-0.39, 0.29) is 11.3 Å². The summed E-state index contributed by atoms with van der Waals surface area (Å²) in [7, 11) is 0. The van der Waals surface area contributed by atoms with Crippen LogP contribution in [-0.2, 0) is 4.79 Å². The molecule has 78 valence electrons. The molecule has 0 radical (unpaired) electrons. The number of carbonyl (C=O) groups is 1. The number of ketones is 1. The van der Waals surface area contributed by atoms with Gasteiger partial charge >= 0.3 is 0 Å². The van der Waals surface area contributed by atoms with E-state index in [0.717, 1.165) is 38.8 Å². The normalized spacial score (nSPS) is 19.6. The quantitative estimate of drug-likeness (QED) is 0.501. The van der Waals surface area contributed by atoms with E-state index in [9.17, 15) is 4.79 Å². The van der Waals surface area contributed by atoms with E-state index < -0.39 is 0 Å². The van der Waals surface area contributed by atoms with Crippen LogP contribution in [0, 0.1) is 12.3 Å². The highest BCUT2D eigenvalue weighted by Gasteiger charge is 2.43. The fourth-order valence-corrected chi connectivity index (χ4v) is 2.61. The van der Waals surface area contributed by atoms with E-state index in [4.69, 9.17) is 6.42 Å². The molecule has 0 aromatic carbocycles. The van der Waals surface area contributed by atoms with Crippen LogP contribution in [-0.4, -0.2) is 29.3 Å². The lowest BCUT2D eigenvalue weighted by Crippen LogP contribution is -2.52. The maximum absolute atomic E-state index is 11.8. The molecule has 0 aliphatic heterocycles. The zero-order valence-electron chi connectivity index (χ0n) is 9.18. The standard InChI is InChI=1S/C12H19NO/c1-4-11(14)12(9-7-8-10-12)13(5-2)6-3/h1H,5-10H2,2-3H3. The average molecular weight is 193 g/mol. The number of hydrogen-bond donors (Lipinski definition) is 0. The Labute approximate surface area is 86.7 Å². The number of nitrogens with zero attached hydrogens (tertiary/aromatic N) is 1. The van der Waals surface area contributed by atoms with Gasteiger partial charge in [0.15, 0.2) is 0 Å². The van der Waals surface area contributed by atoms with Gasteiger partial charge in [-0.1, -0.05) is 26.7 Å². The minimum atomic E-state index is -0.321. The predicted octanol–water partition coefficient (Wildman–Crippen LogP) is 1.84. The van der Waals surface area contributed by atoms with Gasteiger partial charge in [0.25, 0.3) is 0 Å². The van der Waals surface area contributed by atoms with E-state index in [1.54, 1.807) is 0 Å². The predicted molar refractivity (Wildman–Crippen MR) is 58.0 cm³/mol. The second kappa shape index (κ2) is 4.61. The van der Waals surface area contributed by atoms with Crippen molar-refractivity contribution in [2.45, 2.75) is 45.1 Å². The summed E-state index contributed by atoms with van der Waals surface area (Å²) < 4.78 is 0. The molecule has 0 amide bonds. The third kappa shape index (κ3) is 1.69. The molecule has 0 aromatic rings. The lowest BCUT2D eigenvalue weighted by molar-refractivity contribution is -0.125. The molecule has 0 spiro atoms. The van der Waals surface area contributed by atoms with Crippen LogP contribution in [0.5, 0.6) is 0 Å². The molecule has 0 saturated heterocycles. The highest BCUT2D eigenvalue weighted by atomic mass is 16.1. The highest BCUT2D eigenvalue weighted by molar-refractivity contribution is 6.02. The van der Waals surface area contributed by atoms with Crippen LogP contribution in [0.3, 0.4) is 0 Å². The average Bonchev–Trinajstić information content (AvgIpc) is 2.69. The van der Waals surface area contributed by atoms with Crippen molar-refractivity contribution in [2.75, 3.05) is 13.1 Å². The fraction of sp³-hybridized carbons (Fsp3) is 0.750. The van der Waals surface area contributed by atoms with Gasteiger partial charge in [-0.05, 0) is 31.9 Å². The Bertz CT molecular complexity index is 242. The lowest BCUT2D eigenvalue weighted by atomic mass is 9.90. The summed E-state index contributed by atoms with van der Waals surface area (Å²) in [4.78, 5) is 14.0. The smallest absolute Gasteiger partial charge is 0.225 e. The molecule has 14 heavy (non-hydrogen) atoms. The Kier molecular flexibility index (Phi) is 3.71. The highest BCUT2D eigenvalue weighted by Crippen LogP contribution is 2.35. The summed E-state index contributed by atoms with van der Waals surface area (Å²) in [5.41, 5.74) is -0.321. The molecule has 0 heterocycles. The van der Waals surface area contributed by atoms with E-state index in [1.807, 2.05) is 0 Å². The van der Waals surface area contributed by atoms with Crippen LogP contribution in [0.1, 0.15) is 39.5 Å². The molecule has 2 heteroatoms. The number of terminal acetylenes is 1. The van der Waals surface area contributed by atoms with Gasteiger partial charge < -0.3 is 0 Å². The molecular weight excluding hydrogens is 174 g/mol. The van der Waals surface area contributed by atoms with Crippen molar-refractivity contribution in [3.05, 3.63) is 0 Å². The summed E-state index contributed by atoms with van der Waals surface area (Å²) in [6, 6.07) is 0. The van der Waals surface area contributed by atoms with Crippen LogP contribution in [0.4, 0.5) is 0 Å². The van der Waals surface area contributed by atoms with Crippen molar-refractivity contribution in [1.82, 2.24) is 4.90 Å². The van der Waals surface area contributed by atoms with Crippen molar-refractivity contribution < 1.29 is 4.79 Å². The first kappa shape index (κ1) is 11.3. The van der Waals surface area contributed by atoms with Gasteiger partial charge in [-0.15, -0.1) is 6.42 Å². The molecule has 0 N–H and O–H groups in total. The van der Waals surface area contributed by atoms with Crippen molar-refractivity contribution in [1.29, 1.82) is 0 Å². The van der Waals surface area contributed by atoms with Crippen molar-refractivity contribution in [3.8, 4) is 12.3 Å². The summed E-state index contributed by atoms with van der Waals surface area (Å²) in [5.74, 6) is 2.30. The maximum Gasteiger partial charge on any atom is 0.225 e. The number of carbonyl (C=O) groups excluding carboxylic acids is 1. The number of rotatable bonds is 4. The Morgan fingerprint density at radius 1 is 1.36 bits per heavy atom. The minimum absolute atomic E-state index is 0.0151. The summed E-state index contributed by atoms with van der Waals surface area (Å²) in [6.45, 7) is 5.99. The minimum Gasteiger partial charge on any atom is -0.291 e. The second-order valence-corrected chi connectivity index (χ2v) is 3.88. The molecule has 0 bridgehead atoms. The van der Waals surface area contributed by atoms with Gasteiger partial charge in [-0.3, -0.25) is 9.69 Å². The van der Waals surface area contributed by atoms with Crippen molar-refractivity contribution in [3.63, 3.8) is 0 Å². The van der Waals surface area contributed by atoms with Crippen LogP contribution >= 0.6 is 0 Å². The lowest BCUT2D eigenvalue weighted by Gasteiger charge is -2.37. The van der Waals surface area contributed by atoms with Gasteiger partial charge in [0, 0.05) is 0 Å². The first-order valence-electron chi connectivity index (χ1n) is 5.47. The third-order valence-electron chi connectivity index (χ3n) is 3.35. The zero-order chi connectivity index (χ0) is 10.6.